The third-order valence-corrected chi connectivity index (χ3v) is 6.66. The summed E-state index contributed by atoms with van der Waals surface area (Å²) >= 11 is 6.21. The van der Waals surface area contributed by atoms with Gasteiger partial charge in [-0.15, -0.1) is 0 Å². The molecule has 3 aliphatic carbocycles. The zero-order valence-corrected chi connectivity index (χ0v) is 13.6. The molecule has 0 aromatic heterocycles. The molecule has 0 saturated heterocycles. The Balaban J connectivity index is 1.56. The van der Waals surface area contributed by atoms with Gasteiger partial charge in [0.2, 0.25) is 0 Å². The third-order valence-electron chi connectivity index (χ3n) is 6.25. The van der Waals surface area contributed by atoms with Gasteiger partial charge in [-0.05, 0) is 67.9 Å². The SMILES string of the molecule is COc1cc(Cl)c(C)cc1NC1CC2CC1C1CCCC21. The molecule has 0 heterocycles. The highest BCUT2D eigenvalue weighted by Gasteiger charge is 2.53. The van der Waals surface area contributed by atoms with Crippen LogP contribution in [0.5, 0.6) is 5.75 Å². The second-order valence-electron chi connectivity index (χ2n) is 7.21. The minimum Gasteiger partial charge on any atom is -0.495 e. The van der Waals surface area contributed by atoms with Gasteiger partial charge < -0.3 is 10.1 Å². The van der Waals surface area contributed by atoms with Crippen LogP contribution in [0.25, 0.3) is 0 Å². The molecule has 3 aliphatic rings. The van der Waals surface area contributed by atoms with Crippen LogP contribution in [0.3, 0.4) is 0 Å². The zero-order valence-electron chi connectivity index (χ0n) is 12.9. The minimum absolute atomic E-state index is 0.629. The van der Waals surface area contributed by atoms with E-state index in [4.69, 9.17) is 16.3 Å². The lowest BCUT2D eigenvalue weighted by atomic mass is 9.79. The molecule has 2 bridgehead atoms. The fourth-order valence-electron chi connectivity index (χ4n) is 5.38. The average molecular weight is 306 g/mol. The van der Waals surface area contributed by atoms with Crippen LogP contribution >= 0.6 is 11.6 Å². The van der Waals surface area contributed by atoms with Crippen molar-refractivity contribution < 1.29 is 4.74 Å². The van der Waals surface area contributed by atoms with Crippen molar-refractivity contribution in [2.75, 3.05) is 12.4 Å². The van der Waals surface area contributed by atoms with E-state index >= 15 is 0 Å². The van der Waals surface area contributed by atoms with Crippen LogP contribution in [0, 0.1) is 30.6 Å². The van der Waals surface area contributed by atoms with E-state index in [0.29, 0.717) is 6.04 Å². The minimum atomic E-state index is 0.629. The van der Waals surface area contributed by atoms with Gasteiger partial charge in [-0.1, -0.05) is 18.0 Å². The lowest BCUT2D eigenvalue weighted by Crippen LogP contribution is -2.34. The van der Waals surface area contributed by atoms with Crippen molar-refractivity contribution in [3.05, 3.63) is 22.7 Å². The van der Waals surface area contributed by atoms with E-state index in [1.54, 1.807) is 7.11 Å². The van der Waals surface area contributed by atoms with Crippen LogP contribution in [-0.4, -0.2) is 13.2 Å². The first-order chi connectivity index (χ1) is 10.2. The molecule has 3 fully saturated rings. The first-order valence-electron chi connectivity index (χ1n) is 8.28. The van der Waals surface area contributed by atoms with Crippen molar-refractivity contribution in [1.29, 1.82) is 0 Å². The van der Waals surface area contributed by atoms with Crippen molar-refractivity contribution in [2.45, 2.75) is 45.1 Å². The molecule has 5 atom stereocenters. The number of fused-ring (bicyclic) bond motifs is 5. The first-order valence-corrected chi connectivity index (χ1v) is 8.66. The Bertz CT molecular complexity index is 558. The number of benzene rings is 1. The molecular weight excluding hydrogens is 282 g/mol. The van der Waals surface area contributed by atoms with E-state index in [1.807, 2.05) is 6.07 Å². The highest BCUT2D eigenvalue weighted by molar-refractivity contribution is 6.31. The second kappa shape index (κ2) is 5.08. The van der Waals surface area contributed by atoms with Crippen molar-refractivity contribution in [1.82, 2.24) is 0 Å². The van der Waals surface area contributed by atoms with E-state index in [9.17, 15) is 0 Å². The molecule has 1 N–H and O–H groups in total. The largest absolute Gasteiger partial charge is 0.495 e. The number of aryl methyl sites for hydroxylation is 1. The molecule has 3 heteroatoms. The summed E-state index contributed by atoms with van der Waals surface area (Å²) in [5.41, 5.74) is 2.23. The van der Waals surface area contributed by atoms with Crippen molar-refractivity contribution in [3.63, 3.8) is 0 Å². The maximum atomic E-state index is 6.21. The van der Waals surface area contributed by atoms with Gasteiger partial charge in [-0.3, -0.25) is 0 Å². The van der Waals surface area contributed by atoms with E-state index in [2.05, 4.69) is 18.3 Å². The molecule has 0 spiro atoms. The summed E-state index contributed by atoms with van der Waals surface area (Å²) in [5, 5.41) is 4.57. The number of hydrogen-bond donors (Lipinski definition) is 1. The van der Waals surface area contributed by atoms with E-state index < -0.39 is 0 Å². The van der Waals surface area contributed by atoms with E-state index in [0.717, 1.165) is 45.7 Å². The second-order valence-corrected chi connectivity index (χ2v) is 7.61. The number of hydrogen-bond acceptors (Lipinski definition) is 2. The first kappa shape index (κ1) is 13.8. The molecular formula is C18H24ClNO. The van der Waals surface area contributed by atoms with Gasteiger partial charge in [-0.25, -0.2) is 0 Å². The molecule has 1 aromatic rings. The number of rotatable bonds is 3. The Hall–Kier alpha value is -0.890. The zero-order chi connectivity index (χ0) is 14.6. The smallest absolute Gasteiger partial charge is 0.143 e. The summed E-state index contributed by atoms with van der Waals surface area (Å²) in [4.78, 5) is 0. The molecule has 5 unspecified atom stereocenters. The summed E-state index contributed by atoms with van der Waals surface area (Å²) in [6.45, 7) is 2.06. The molecule has 0 amide bonds. The Morgan fingerprint density at radius 3 is 2.76 bits per heavy atom. The monoisotopic (exact) mass is 305 g/mol. The van der Waals surface area contributed by atoms with Crippen LogP contribution in [0.1, 0.15) is 37.7 Å². The Morgan fingerprint density at radius 1 is 1.14 bits per heavy atom. The van der Waals surface area contributed by atoms with Gasteiger partial charge in [0.15, 0.2) is 0 Å². The quantitative estimate of drug-likeness (QED) is 0.858. The standard InChI is InChI=1S/C18H24ClNO/c1-10-6-17(18(21-2)9-15(10)19)20-16-8-11-7-14(16)13-5-3-4-12(11)13/h6,9,11-14,16,20H,3-5,7-8H2,1-2H3. The number of ether oxygens (including phenoxy) is 1. The number of halogens is 1. The number of nitrogens with one attached hydrogen (secondary N) is 1. The summed E-state index contributed by atoms with van der Waals surface area (Å²) < 4.78 is 5.51. The van der Waals surface area contributed by atoms with Crippen LogP contribution in [-0.2, 0) is 0 Å². The maximum Gasteiger partial charge on any atom is 0.143 e. The van der Waals surface area contributed by atoms with E-state index in [-0.39, 0.29) is 0 Å². The van der Waals surface area contributed by atoms with Gasteiger partial charge in [0.05, 0.1) is 12.8 Å². The highest BCUT2D eigenvalue weighted by atomic mass is 35.5. The fraction of sp³-hybridized carbons (Fsp3) is 0.667. The highest BCUT2D eigenvalue weighted by Crippen LogP contribution is 2.59. The Labute approximate surface area is 132 Å². The predicted octanol–water partition coefficient (Wildman–Crippen LogP) is 4.89. The van der Waals surface area contributed by atoms with Crippen LogP contribution in [0.2, 0.25) is 5.02 Å². The van der Waals surface area contributed by atoms with Gasteiger partial charge in [0.25, 0.3) is 0 Å². The van der Waals surface area contributed by atoms with Crippen molar-refractivity contribution >= 4 is 17.3 Å². The summed E-state index contributed by atoms with van der Waals surface area (Å²) in [6.07, 6.45) is 7.19. The predicted molar refractivity (Wildman–Crippen MR) is 87.2 cm³/mol. The van der Waals surface area contributed by atoms with Crippen molar-refractivity contribution in [3.8, 4) is 5.75 Å². The van der Waals surface area contributed by atoms with E-state index in [1.165, 1.54) is 32.1 Å². The van der Waals surface area contributed by atoms with Gasteiger partial charge >= 0.3 is 0 Å². The molecule has 4 rings (SSSR count). The summed E-state index contributed by atoms with van der Waals surface area (Å²) in [7, 11) is 1.72. The molecule has 0 radical (unpaired) electrons. The van der Waals surface area contributed by atoms with Gasteiger partial charge in [-0.2, -0.15) is 0 Å². The molecule has 3 saturated carbocycles. The molecule has 0 aliphatic heterocycles. The van der Waals surface area contributed by atoms with Gasteiger partial charge in [0, 0.05) is 17.1 Å². The summed E-state index contributed by atoms with van der Waals surface area (Å²) in [5.74, 6) is 4.75. The Morgan fingerprint density at radius 2 is 1.95 bits per heavy atom. The molecule has 1 aromatic carbocycles. The van der Waals surface area contributed by atoms with Crippen LogP contribution < -0.4 is 10.1 Å². The Kier molecular flexibility index (Phi) is 3.33. The van der Waals surface area contributed by atoms with Gasteiger partial charge in [0.1, 0.15) is 5.75 Å². The topological polar surface area (TPSA) is 21.3 Å². The van der Waals surface area contributed by atoms with Crippen LogP contribution in [0.4, 0.5) is 5.69 Å². The molecule has 2 nitrogen and oxygen atoms in total. The lowest BCUT2D eigenvalue weighted by molar-refractivity contribution is 0.243. The maximum absolute atomic E-state index is 6.21. The number of anilines is 1. The normalized spacial score (nSPS) is 36.8. The molecule has 114 valence electrons. The lowest BCUT2D eigenvalue weighted by Gasteiger charge is -2.33. The molecule has 21 heavy (non-hydrogen) atoms. The average Bonchev–Trinajstić information content (AvgIpc) is 3.14. The number of methoxy groups -OCH3 is 1. The summed E-state index contributed by atoms with van der Waals surface area (Å²) in [6, 6.07) is 4.70. The fourth-order valence-corrected chi connectivity index (χ4v) is 5.53. The van der Waals surface area contributed by atoms with Crippen molar-refractivity contribution in [2.24, 2.45) is 23.7 Å². The third kappa shape index (κ3) is 2.14. The van der Waals surface area contributed by atoms with Crippen LogP contribution in [0.15, 0.2) is 12.1 Å².